The maximum atomic E-state index is 13.2. The van der Waals surface area contributed by atoms with Crippen LogP contribution in [0, 0.1) is 6.92 Å². The summed E-state index contributed by atoms with van der Waals surface area (Å²) in [7, 11) is 0. The van der Waals surface area contributed by atoms with Gasteiger partial charge in [0.1, 0.15) is 11.8 Å². The number of benzene rings is 1. The number of aryl methyl sites for hydroxylation is 1. The molecule has 2 N–H and O–H groups in total. The third kappa shape index (κ3) is 5.55. The predicted molar refractivity (Wildman–Crippen MR) is 143 cm³/mol. The maximum absolute atomic E-state index is 13.2. The zero-order valence-electron chi connectivity index (χ0n) is 21.6. The van der Waals surface area contributed by atoms with Crippen LogP contribution in [0.15, 0.2) is 40.4 Å². The molecule has 0 radical (unpaired) electrons. The normalized spacial score (nSPS) is 20.7. The van der Waals surface area contributed by atoms with Gasteiger partial charge in [0.15, 0.2) is 5.82 Å². The Labute approximate surface area is 221 Å². The highest BCUT2D eigenvalue weighted by Gasteiger charge is 2.35. The van der Waals surface area contributed by atoms with E-state index in [1.54, 1.807) is 16.2 Å². The molecule has 3 atom stereocenters. The summed E-state index contributed by atoms with van der Waals surface area (Å²) in [6.45, 7) is 9.32. The molecule has 0 bridgehead atoms. The van der Waals surface area contributed by atoms with E-state index in [4.69, 9.17) is 4.52 Å². The minimum atomic E-state index is -0.468. The Balaban J connectivity index is 1.18. The van der Waals surface area contributed by atoms with Crippen LogP contribution in [0.4, 0.5) is 5.82 Å². The third-order valence-corrected chi connectivity index (χ3v) is 8.30. The van der Waals surface area contributed by atoms with E-state index < -0.39 is 6.04 Å². The van der Waals surface area contributed by atoms with Crippen LogP contribution in [-0.2, 0) is 16.0 Å². The van der Waals surface area contributed by atoms with E-state index in [1.165, 1.54) is 0 Å². The first-order valence-electron chi connectivity index (χ1n) is 12.9. The molecule has 2 aliphatic heterocycles. The van der Waals surface area contributed by atoms with Crippen molar-refractivity contribution in [1.29, 1.82) is 0 Å². The van der Waals surface area contributed by atoms with Crippen LogP contribution in [0.2, 0.25) is 0 Å². The SMILES string of the molecule is Cc1ncsc1-c1ccc(C(C)NC(=O)C2CCCN2C(=O)Cc2cc(N3CCNCC3C)no2)cc1. The van der Waals surface area contributed by atoms with Crippen LogP contribution < -0.4 is 15.5 Å². The summed E-state index contributed by atoms with van der Waals surface area (Å²) in [4.78, 5) is 35.7. The van der Waals surface area contributed by atoms with Crippen molar-refractivity contribution in [2.75, 3.05) is 31.1 Å². The van der Waals surface area contributed by atoms with Crippen molar-refractivity contribution >= 4 is 29.0 Å². The van der Waals surface area contributed by atoms with Crippen LogP contribution in [0.5, 0.6) is 0 Å². The minimum absolute atomic E-state index is 0.102. The Kier molecular flexibility index (Phi) is 7.57. The standard InChI is InChI=1S/C27H34N6O3S/c1-17-15-28-10-12-32(17)24-13-22(36-31-24)14-25(34)33-11-4-5-23(33)27(35)30-18(2)20-6-8-21(9-7-20)26-19(3)29-16-37-26/h6-9,13,16-18,23,28H,4-5,10-12,14-15H2,1-3H3,(H,30,35). The molecule has 9 nitrogen and oxygen atoms in total. The summed E-state index contributed by atoms with van der Waals surface area (Å²) in [5.41, 5.74) is 5.01. The molecule has 3 unspecified atom stereocenters. The van der Waals surface area contributed by atoms with Crippen molar-refractivity contribution in [2.24, 2.45) is 0 Å². The van der Waals surface area contributed by atoms with Crippen molar-refractivity contribution in [2.45, 2.75) is 58.2 Å². The number of nitrogens with zero attached hydrogens (tertiary/aromatic N) is 4. The molecule has 0 spiro atoms. The van der Waals surface area contributed by atoms with Gasteiger partial charge in [-0.2, -0.15) is 0 Å². The molecule has 1 aromatic carbocycles. The average Bonchev–Trinajstić information content (AvgIpc) is 3.65. The van der Waals surface area contributed by atoms with Crippen LogP contribution in [0.25, 0.3) is 10.4 Å². The van der Waals surface area contributed by atoms with Gasteiger partial charge in [0.25, 0.3) is 0 Å². The summed E-state index contributed by atoms with van der Waals surface area (Å²) in [6, 6.07) is 9.74. The van der Waals surface area contributed by atoms with Crippen LogP contribution in [0.1, 0.15) is 49.7 Å². The number of anilines is 1. The quantitative estimate of drug-likeness (QED) is 0.491. The first-order valence-corrected chi connectivity index (χ1v) is 13.8. The van der Waals surface area contributed by atoms with Gasteiger partial charge in [-0.1, -0.05) is 29.4 Å². The number of carbonyl (C=O) groups is 2. The van der Waals surface area contributed by atoms with E-state index in [1.807, 2.05) is 37.6 Å². The smallest absolute Gasteiger partial charge is 0.243 e. The summed E-state index contributed by atoms with van der Waals surface area (Å²) >= 11 is 1.62. The lowest BCUT2D eigenvalue weighted by Crippen LogP contribution is -2.50. The second-order valence-electron chi connectivity index (χ2n) is 9.94. The summed E-state index contributed by atoms with van der Waals surface area (Å²) in [5, 5.41) is 10.7. The van der Waals surface area contributed by atoms with Gasteiger partial charge in [-0.3, -0.25) is 9.59 Å². The Morgan fingerprint density at radius 1 is 1.27 bits per heavy atom. The van der Waals surface area contributed by atoms with Gasteiger partial charge in [0, 0.05) is 38.3 Å². The fraction of sp³-hybridized carbons (Fsp3) is 0.481. The second kappa shape index (κ2) is 11.0. The third-order valence-electron chi connectivity index (χ3n) is 7.32. The molecular weight excluding hydrogens is 488 g/mol. The average molecular weight is 523 g/mol. The Morgan fingerprint density at radius 3 is 2.81 bits per heavy atom. The number of hydrogen-bond acceptors (Lipinski definition) is 8. The Hall–Kier alpha value is -3.24. The summed E-state index contributed by atoms with van der Waals surface area (Å²) < 4.78 is 5.49. The van der Waals surface area contributed by atoms with Crippen LogP contribution >= 0.6 is 11.3 Å². The lowest BCUT2D eigenvalue weighted by Gasteiger charge is -2.33. The molecule has 0 saturated carbocycles. The lowest BCUT2D eigenvalue weighted by atomic mass is 10.0. The van der Waals surface area contributed by atoms with Crippen molar-refractivity contribution in [3.05, 3.63) is 52.9 Å². The molecule has 2 saturated heterocycles. The highest BCUT2D eigenvalue weighted by molar-refractivity contribution is 7.13. The van der Waals surface area contributed by atoms with Gasteiger partial charge in [-0.15, -0.1) is 11.3 Å². The largest absolute Gasteiger partial charge is 0.359 e. The fourth-order valence-electron chi connectivity index (χ4n) is 5.19. The molecule has 196 valence electrons. The number of hydrogen-bond donors (Lipinski definition) is 2. The highest BCUT2D eigenvalue weighted by Crippen LogP contribution is 2.28. The molecule has 2 aliphatic rings. The number of carbonyl (C=O) groups excluding carboxylic acids is 2. The fourth-order valence-corrected chi connectivity index (χ4v) is 6.00. The molecule has 5 rings (SSSR count). The van der Waals surface area contributed by atoms with E-state index in [-0.39, 0.29) is 24.3 Å². The number of aromatic nitrogens is 2. The molecular formula is C27H34N6O3S. The van der Waals surface area contributed by atoms with Crippen LogP contribution in [-0.4, -0.2) is 65.1 Å². The molecule has 2 amide bonds. The van der Waals surface area contributed by atoms with Gasteiger partial charge >= 0.3 is 0 Å². The van der Waals surface area contributed by atoms with Crippen molar-refractivity contribution in [3.8, 4) is 10.4 Å². The number of amides is 2. The number of rotatable bonds is 7. The van der Waals surface area contributed by atoms with Gasteiger partial charge in [0.2, 0.25) is 11.8 Å². The number of piperazine rings is 1. The second-order valence-corrected chi connectivity index (χ2v) is 10.8. The van der Waals surface area contributed by atoms with Crippen molar-refractivity contribution < 1.29 is 14.1 Å². The number of thiazole rings is 1. The molecule has 4 heterocycles. The van der Waals surface area contributed by atoms with Gasteiger partial charge in [-0.05, 0) is 44.7 Å². The molecule has 2 aromatic heterocycles. The van der Waals surface area contributed by atoms with Gasteiger partial charge in [-0.25, -0.2) is 4.98 Å². The zero-order chi connectivity index (χ0) is 25.9. The highest BCUT2D eigenvalue weighted by atomic mass is 32.1. The van der Waals surface area contributed by atoms with Crippen molar-refractivity contribution in [3.63, 3.8) is 0 Å². The number of nitrogens with one attached hydrogen (secondary N) is 2. The molecule has 0 aliphatic carbocycles. The van der Waals surface area contributed by atoms with Gasteiger partial charge < -0.3 is 25.0 Å². The lowest BCUT2D eigenvalue weighted by molar-refractivity contribution is -0.138. The van der Waals surface area contributed by atoms with E-state index in [2.05, 4.69) is 44.7 Å². The first-order chi connectivity index (χ1) is 17.9. The predicted octanol–water partition coefficient (Wildman–Crippen LogP) is 3.32. The minimum Gasteiger partial charge on any atom is -0.359 e. The molecule has 3 aromatic rings. The first kappa shape index (κ1) is 25.4. The Bertz CT molecular complexity index is 1240. The van der Waals surface area contributed by atoms with Gasteiger partial charge in [0.05, 0.1) is 28.5 Å². The summed E-state index contributed by atoms with van der Waals surface area (Å²) in [5.74, 6) is 1.07. The maximum Gasteiger partial charge on any atom is 0.243 e. The number of likely N-dealkylation sites (tertiary alicyclic amines) is 1. The van der Waals surface area contributed by atoms with Crippen molar-refractivity contribution in [1.82, 2.24) is 25.7 Å². The zero-order valence-corrected chi connectivity index (χ0v) is 22.4. The van der Waals surface area contributed by atoms with E-state index in [0.29, 0.717) is 24.8 Å². The summed E-state index contributed by atoms with van der Waals surface area (Å²) in [6.07, 6.45) is 1.57. The molecule has 2 fully saturated rings. The van der Waals surface area contributed by atoms with E-state index in [9.17, 15) is 9.59 Å². The van der Waals surface area contributed by atoms with E-state index >= 15 is 0 Å². The van der Waals surface area contributed by atoms with Crippen LogP contribution in [0.3, 0.4) is 0 Å². The van der Waals surface area contributed by atoms with E-state index in [0.717, 1.165) is 53.6 Å². The Morgan fingerprint density at radius 2 is 2.08 bits per heavy atom. The topological polar surface area (TPSA) is 104 Å². The monoisotopic (exact) mass is 522 g/mol. The molecule has 10 heteroatoms. The molecule has 37 heavy (non-hydrogen) atoms.